The van der Waals surface area contributed by atoms with Gasteiger partial charge in [0.1, 0.15) is 6.10 Å². The number of hydrogen-bond acceptors (Lipinski definition) is 4. The van der Waals surface area contributed by atoms with Gasteiger partial charge in [-0.1, -0.05) is 30.3 Å². The molecule has 16 heavy (non-hydrogen) atoms. The molecule has 0 aliphatic carbocycles. The molecule has 1 unspecified atom stereocenters. The van der Waals surface area contributed by atoms with Gasteiger partial charge in [-0.2, -0.15) is 0 Å². The second-order valence-corrected chi connectivity index (χ2v) is 3.36. The molecule has 0 bridgehead atoms. The van der Waals surface area contributed by atoms with Crippen molar-refractivity contribution in [1.82, 2.24) is 0 Å². The van der Waals surface area contributed by atoms with E-state index in [1.807, 2.05) is 30.3 Å². The number of esters is 2. The van der Waals surface area contributed by atoms with Crippen molar-refractivity contribution in [3.63, 3.8) is 0 Å². The molecule has 1 aromatic rings. The summed E-state index contributed by atoms with van der Waals surface area (Å²) in [5.41, 5.74) is 0.845. The van der Waals surface area contributed by atoms with Crippen molar-refractivity contribution in [2.24, 2.45) is 0 Å². The van der Waals surface area contributed by atoms with Gasteiger partial charge < -0.3 is 9.47 Å². The summed E-state index contributed by atoms with van der Waals surface area (Å²) >= 11 is 0. The number of carbonyl (C=O) groups excluding carboxylic acids is 2. The average molecular weight is 218 g/mol. The summed E-state index contributed by atoms with van der Waals surface area (Å²) in [6, 6.07) is 9.24. The highest BCUT2D eigenvalue weighted by molar-refractivity contribution is 5.91. The van der Waals surface area contributed by atoms with Gasteiger partial charge in [0.05, 0.1) is 0 Å². The van der Waals surface area contributed by atoms with Gasteiger partial charge in [0, 0.05) is 13.0 Å². The molecule has 82 valence electrons. The molecule has 1 aromatic carbocycles. The first kappa shape index (κ1) is 10.4. The van der Waals surface area contributed by atoms with Crippen LogP contribution in [0.4, 0.5) is 0 Å². The van der Waals surface area contributed by atoms with Crippen LogP contribution in [0.15, 0.2) is 42.2 Å². The molecule has 0 aromatic heterocycles. The Kier molecular flexibility index (Phi) is 2.72. The number of ether oxygens (including phenoxy) is 2. The molecule has 4 nitrogen and oxygen atoms in total. The van der Waals surface area contributed by atoms with Crippen LogP contribution in [0.2, 0.25) is 0 Å². The lowest BCUT2D eigenvalue weighted by molar-refractivity contribution is -0.149. The van der Waals surface area contributed by atoms with Crippen LogP contribution < -0.4 is 0 Å². The number of rotatable bonds is 2. The van der Waals surface area contributed by atoms with Gasteiger partial charge in [-0.15, -0.1) is 0 Å². The van der Waals surface area contributed by atoms with E-state index in [9.17, 15) is 9.59 Å². The molecule has 0 radical (unpaired) electrons. The van der Waals surface area contributed by atoms with E-state index in [4.69, 9.17) is 9.47 Å². The highest BCUT2D eigenvalue weighted by Gasteiger charge is 2.28. The van der Waals surface area contributed by atoms with E-state index in [2.05, 4.69) is 0 Å². The SMILES string of the molecule is CC(=O)OC1=CC(c2ccccc2)OC1=O. The van der Waals surface area contributed by atoms with Crippen molar-refractivity contribution < 1.29 is 19.1 Å². The Balaban J connectivity index is 2.19. The van der Waals surface area contributed by atoms with E-state index < -0.39 is 18.0 Å². The maximum absolute atomic E-state index is 11.3. The van der Waals surface area contributed by atoms with Gasteiger partial charge in [-0.05, 0) is 5.56 Å². The summed E-state index contributed by atoms with van der Waals surface area (Å²) in [5, 5.41) is 0. The Hall–Kier alpha value is -2.10. The fourth-order valence-electron chi connectivity index (χ4n) is 1.45. The molecule has 1 atom stereocenters. The van der Waals surface area contributed by atoms with E-state index >= 15 is 0 Å². The minimum absolute atomic E-state index is 0.0404. The summed E-state index contributed by atoms with van der Waals surface area (Å²) < 4.78 is 9.77. The lowest BCUT2D eigenvalue weighted by Gasteiger charge is -2.06. The normalized spacial score (nSPS) is 18.9. The molecule has 0 amide bonds. The number of cyclic esters (lactones) is 1. The molecule has 0 fully saturated rings. The molecule has 2 rings (SSSR count). The van der Waals surface area contributed by atoms with Crippen LogP contribution in [0.1, 0.15) is 18.6 Å². The van der Waals surface area contributed by atoms with Crippen molar-refractivity contribution in [3.05, 3.63) is 47.7 Å². The molecule has 0 N–H and O–H groups in total. The van der Waals surface area contributed by atoms with E-state index in [0.717, 1.165) is 5.56 Å². The molecular weight excluding hydrogens is 208 g/mol. The van der Waals surface area contributed by atoms with Crippen LogP contribution in [0.5, 0.6) is 0 Å². The second kappa shape index (κ2) is 4.18. The molecular formula is C12H10O4. The van der Waals surface area contributed by atoms with E-state index in [1.54, 1.807) is 0 Å². The summed E-state index contributed by atoms with van der Waals surface area (Å²) in [6.45, 7) is 1.24. The van der Waals surface area contributed by atoms with Crippen LogP contribution in [0.25, 0.3) is 0 Å². The molecule has 4 heteroatoms. The number of hydrogen-bond donors (Lipinski definition) is 0. The Morgan fingerprint density at radius 3 is 2.62 bits per heavy atom. The molecule has 0 spiro atoms. The van der Waals surface area contributed by atoms with E-state index in [-0.39, 0.29) is 5.76 Å². The minimum Gasteiger partial charge on any atom is -0.447 e. The Labute approximate surface area is 92.5 Å². The Morgan fingerprint density at radius 1 is 1.31 bits per heavy atom. The van der Waals surface area contributed by atoms with Crippen molar-refractivity contribution in [2.45, 2.75) is 13.0 Å². The zero-order valence-corrected chi connectivity index (χ0v) is 8.67. The number of carbonyl (C=O) groups is 2. The lowest BCUT2D eigenvalue weighted by atomic mass is 10.1. The third-order valence-electron chi connectivity index (χ3n) is 2.12. The molecule has 1 heterocycles. The smallest absolute Gasteiger partial charge is 0.375 e. The van der Waals surface area contributed by atoms with Crippen molar-refractivity contribution >= 4 is 11.9 Å². The summed E-state index contributed by atoms with van der Waals surface area (Å²) in [5.74, 6) is -1.18. The second-order valence-electron chi connectivity index (χ2n) is 3.36. The fourth-order valence-corrected chi connectivity index (χ4v) is 1.45. The van der Waals surface area contributed by atoms with Crippen LogP contribution in [-0.2, 0) is 19.1 Å². The highest BCUT2D eigenvalue weighted by atomic mass is 16.6. The van der Waals surface area contributed by atoms with Crippen molar-refractivity contribution in [1.29, 1.82) is 0 Å². The van der Waals surface area contributed by atoms with Gasteiger partial charge in [0.15, 0.2) is 0 Å². The van der Waals surface area contributed by atoms with Crippen LogP contribution in [0, 0.1) is 0 Å². The van der Waals surface area contributed by atoms with Crippen molar-refractivity contribution in [2.75, 3.05) is 0 Å². The summed E-state index contributed by atoms with van der Waals surface area (Å²) in [7, 11) is 0. The third-order valence-corrected chi connectivity index (χ3v) is 2.12. The maximum atomic E-state index is 11.3. The number of benzene rings is 1. The molecule has 1 aliphatic heterocycles. The zero-order chi connectivity index (χ0) is 11.5. The van der Waals surface area contributed by atoms with E-state index in [0.29, 0.717) is 0 Å². The van der Waals surface area contributed by atoms with Gasteiger partial charge in [-0.3, -0.25) is 4.79 Å². The largest absolute Gasteiger partial charge is 0.447 e. The predicted molar refractivity (Wildman–Crippen MR) is 55.1 cm³/mol. The predicted octanol–water partition coefficient (Wildman–Crippen LogP) is 1.73. The average Bonchev–Trinajstić information content (AvgIpc) is 2.61. The zero-order valence-electron chi connectivity index (χ0n) is 8.67. The van der Waals surface area contributed by atoms with E-state index in [1.165, 1.54) is 13.0 Å². The lowest BCUT2D eigenvalue weighted by Crippen LogP contribution is -2.07. The van der Waals surface area contributed by atoms with Gasteiger partial charge in [-0.25, -0.2) is 4.79 Å². The Morgan fingerprint density at radius 2 is 2.00 bits per heavy atom. The van der Waals surface area contributed by atoms with Crippen molar-refractivity contribution in [3.8, 4) is 0 Å². The molecule has 0 saturated heterocycles. The quantitative estimate of drug-likeness (QED) is 0.709. The first-order valence-electron chi connectivity index (χ1n) is 4.83. The molecule has 1 aliphatic rings. The standard InChI is InChI=1S/C12H10O4/c1-8(13)15-11-7-10(16-12(11)14)9-5-3-2-4-6-9/h2-7,10H,1H3. The summed E-state index contributed by atoms with van der Waals surface area (Å²) in [4.78, 5) is 22.0. The van der Waals surface area contributed by atoms with Crippen LogP contribution in [0.3, 0.4) is 0 Å². The Bertz CT molecular complexity index is 447. The third kappa shape index (κ3) is 2.11. The van der Waals surface area contributed by atoms with Gasteiger partial charge in [0.2, 0.25) is 5.76 Å². The van der Waals surface area contributed by atoms with Gasteiger partial charge in [0.25, 0.3) is 0 Å². The topological polar surface area (TPSA) is 52.6 Å². The maximum Gasteiger partial charge on any atom is 0.375 e. The van der Waals surface area contributed by atoms with Crippen LogP contribution >= 0.6 is 0 Å². The van der Waals surface area contributed by atoms with Crippen LogP contribution in [-0.4, -0.2) is 11.9 Å². The monoisotopic (exact) mass is 218 g/mol. The minimum atomic E-state index is -0.607. The van der Waals surface area contributed by atoms with Gasteiger partial charge >= 0.3 is 11.9 Å². The summed E-state index contributed by atoms with van der Waals surface area (Å²) in [6.07, 6.45) is 1.03. The first-order valence-corrected chi connectivity index (χ1v) is 4.83. The fraction of sp³-hybridized carbons (Fsp3) is 0.167. The highest BCUT2D eigenvalue weighted by Crippen LogP contribution is 2.27. The first-order chi connectivity index (χ1) is 7.66. The molecule has 0 saturated carbocycles.